The van der Waals surface area contributed by atoms with Crippen molar-refractivity contribution in [2.45, 2.75) is 46.2 Å². The van der Waals surface area contributed by atoms with Crippen molar-refractivity contribution in [3.05, 3.63) is 0 Å². The van der Waals surface area contributed by atoms with Gasteiger partial charge in [-0.15, -0.1) is 0 Å². The number of amides is 1. The molecule has 1 rings (SSSR count). The maximum atomic E-state index is 12.2. The van der Waals surface area contributed by atoms with E-state index in [-0.39, 0.29) is 24.0 Å². The van der Waals surface area contributed by atoms with Crippen molar-refractivity contribution in [2.75, 3.05) is 26.7 Å². The van der Waals surface area contributed by atoms with Crippen LogP contribution in [-0.4, -0.2) is 59.6 Å². The maximum absolute atomic E-state index is 12.2. The van der Waals surface area contributed by atoms with Crippen molar-refractivity contribution in [1.82, 2.24) is 9.80 Å². The first-order valence-electron chi connectivity index (χ1n) is 6.44. The minimum atomic E-state index is -0.378. The molecule has 2 atom stereocenters. The first-order valence-corrected chi connectivity index (χ1v) is 6.44. The molecule has 0 aromatic heterocycles. The number of aliphatic hydroxyl groups excluding tert-OH is 1. The van der Waals surface area contributed by atoms with E-state index in [2.05, 4.69) is 32.6 Å². The second-order valence-corrected chi connectivity index (χ2v) is 5.99. The minimum Gasteiger partial charge on any atom is -0.394 e. The fourth-order valence-electron chi connectivity index (χ4n) is 2.65. The zero-order valence-electron chi connectivity index (χ0n) is 11.7. The van der Waals surface area contributed by atoms with Crippen molar-refractivity contribution in [1.29, 1.82) is 0 Å². The Bertz CT molecular complexity index is 279. The summed E-state index contributed by atoms with van der Waals surface area (Å²) >= 11 is 0. The smallest absolute Gasteiger partial charge is 0.242 e. The summed E-state index contributed by atoms with van der Waals surface area (Å²) in [6, 6.07) is -0.0569. The van der Waals surface area contributed by atoms with Gasteiger partial charge in [-0.05, 0) is 18.8 Å². The van der Waals surface area contributed by atoms with Gasteiger partial charge in [0.15, 0.2) is 0 Å². The van der Waals surface area contributed by atoms with Crippen LogP contribution < -0.4 is 0 Å². The van der Waals surface area contributed by atoms with E-state index >= 15 is 0 Å². The molecule has 1 aliphatic rings. The third kappa shape index (κ3) is 3.19. The molecule has 2 unspecified atom stereocenters. The van der Waals surface area contributed by atoms with E-state index < -0.39 is 0 Å². The zero-order chi connectivity index (χ0) is 13.2. The lowest BCUT2D eigenvalue weighted by molar-refractivity contribution is -0.136. The third-order valence-corrected chi connectivity index (χ3v) is 3.67. The lowest BCUT2D eigenvalue weighted by Crippen LogP contribution is -2.51. The lowest BCUT2D eigenvalue weighted by atomic mass is 9.92. The molecule has 1 N–H and O–H groups in total. The summed E-state index contributed by atoms with van der Waals surface area (Å²) in [6.45, 7) is 10.1. The molecule has 1 amide bonds. The molecule has 4 nitrogen and oxygen atoms in total. The second-order valence-electron chi connectivity index (χ2n) is 5.99. The summed E-state index contributed by atoms with van der Waals surface area (Å²) in [6.07, 6.45) is 0.990. The van der Waals surface area contributed by atoms with Crippen molar-refractivity contribution in [3.8, 4) is 0 Å². The molecule has 0 radical (unpaired) electrons. The van der Waals surface area contributed by atoms with Gasteiger partial charge in [0.1, 0.15) is 6.04 Å². The number of aliphatic hydroxyl groups is 1. The molecular formula is C13H26N2O2. The van der Waals surface area contributed by atoms with Crippen LogP contribution in [0.2, 0.25) is 0 Å². The lowest BCUT2D eigenvalue weighted by Gasteiger charge is -2.36. The van der Waals surface area contributed by atoms with Crippen LogP contribution in [0.25, 0.3) is 0 Å². The van der Waals surface area contributed by atoms with E-state index in [0.29, 0.717) is 6.04 Å². The predicted molar refractivity (Wildman–Crippen MR) is 68.8 cm³/mol. The highest BCUT2D eigenvalue weighted by Gasteiger charge is 2.39. The number of hydrogen-bond acceptors (Lipinski definition) is 3. The van der Waals surface area contributed by atoms with E-state index in [1.165, 1.54) is 0 Å². The topological polar surface area (TPSA) is 43.8 Å². The van der Waals surface area contributed by atoms with Crippen molar-refractivity contribution in [2.24, 2.45) is 5.41 Å². The Balaban J connectivity index is 3.02. The van der Waals surface area contributed by atoms with Gasteiger partial charge in [-0.1, -0.05) is 20.8 Å². The molecule has 0 aromatic carbocycles. The van der Waals surface area contributed by atoms with Gasteiger partial charge in [0.2, 0.25) is 5.91 Å². The summed E-state index contributed by atoms with van der Waals surface area (Å²) in [5.41, 5.74) is 0.0672. The van der Waals surface area contributed by atoms with Crippen molar-refractivity contribution >= 4 is 5.91 Å². The number of carbonyl (C=O) groups excluding carboxylic acids is 1. The predicted octanol–water partition coefficient (Wildman–Crippen LogP) is 0.946. The second kappa shape index (κ2) is 5.36. The number of rotatable bonds is 3. The van der Waals surface area contributed by atoms with Crippen LogP contribution in [0.5, 0.6) is 0 Å². The fraction of sp³-hybridized carbons (Fsp3) is 0.923. The van der Waals surface area contributed by atoms with Gasteiger partial charge in [0.25, 0.3) is 0 Å². The standard InChI is InChI=1S/C13H26N2O2/c1-6-10(2)15-9-13(3,4)8-14(5)12(17)11(15)7-16/h10-11,16H,6-9H2,1-5H3. The molecule has 1 aliphatic heterocycles. The average Bonchev–Trinajstić information content (AvgIpc) is 2.33. The van der Waals surface area contributed by atoms with Crippen LogP contribution in [0.4, 0.5) is 0 Å². The average molecular weight is 242 g/mol. The van der Waals surface area contributed by atoms with E-state index in [1.807, 2.05) is 7.05 Å². The number of nitrogens with zero attached hydrogens (tertiary/aromatic N) is 2. The van der Waals surface area contributed by atoms with Gasteiger partial charge in [-0.2, -0.15) is 0 Å². The van der Waals surface area contributed by atoms with Crippen LogP contribution in [0.15, 0.2) is 0 Å². The zero-order valence-corrected chi connectivity index (χ0v) is 11.7. The van der Waals surface area contributed by atoms with Crippen LogP contribution in [0.1, 0.15) is 34.1 Å². The quantitative estimate of drug-likeness (QED) is 0.801. The highest BCUT2D eigenvalue weighted by molar-refractivity contribution is 5.82. The Labute approximate surface area is 105 Å². The van der Waals surface area contributed by atoms with E-state index in [1.54, 1.807) is 4.90 Å². The SMILES string of the molecule is CCC(C)N1CC(C)(C)CN(C)C(=O)C1CO. The molecule has 17 heavy (non-hydrogen) atoms. The van der Waals surface area contributed by atoms with Gasteiger partial charge in [-0.25, -0.2) is 0 Å². The first kappa shape index (κ1) is 14.5. The monoisotopic (exact) mass is 242 g/mol. The Hall–Kier alpha value is -0.610. The van der Waals surface area contributed by atoms with Gasteiger partial charge < -0.3 is 10.0 Å². The van der Waals surface area contributed by atoms with E-state index in [4.69, 9.17) is 0 Å². The molecular weight excluding hydrogens is 216 g/mol. The molecule has 100 valence electrons. The summed E-state index contributed by atoms with van der Waals surface area (Å²) < 4.78 is 0. The summed E-state index contributed by atoms with van der Waals surface area (Å²) in [5.74, 6) is 0.0402. The molecule has 4 heteroatoms. The van der Waals surface area contributed by atoms with Gasteiger partial charge in [0, 0.05) is 26.2 Å². The molecule has 1 saturated heterocycles. The number of carbonyl (C=O) groups is 1. The van der Waals surface area contributed by atoms with Gasteiger partial charge in [0.05, 0.1) is 6.61 Å². The fourth-order valence-corrected chi connectivity index (χ4v) is 2.65. The molecule has 1 fully saturated rings. The Morgan fingerprint density at radius 3 is 2.53 bits per heavy atom. The summed E-state index contributed by atoms with van der Waals surface area (Å²) in [7, 11) is 1.83. The van der Waals surface area contributed by atoms with Crippen LogP contribution in [0.3, 0.4) is 0 Å². The Morgan fingerprint density at radius 2 is 2.06 bits per heavy atom. The normalized spacial score (nSPS) is 28.0. The number of hydrogen-bond donors (Lipinski definition) is 1. The van der Waals surface area contributed by atoms with Crippen molar-refractivity contribution < 1.29 is 9.90 Å². The van der Waals surface area contributed by atoms with Crippen LogP contribution in [-0.2, 0) is 4.79 Å². The van der Waals surface area contributed by atoms with Gasteiger partial charge >= 0.3 is 0 Å². The highest BCUT2D eigenvalue weighted by Crippen LogP contribution is 2.26. The third-order valence-electron chi connectivity index (χ3n) is 3.67. The molecule has 1 heterocycles. The van der Waals surface area contributed by atoms with Crippen molar-refractivity contribution in [3.63, 3.8) is 0 Å². The van der Waals surface area contributed by atoms with Crippen LogP contribution >= 0.6 is 0 Å². The van der Waals surface area contributed by atoms with Gasteiger partial charge in [-0.3, -0.25) is 9.69 Å². The first-order chi connectivity index (χ1) is 7.82. The largest absolute Gasteiger partial charge is 0.394 e. The summed E-state index contributed by atoms with van der Waals surface area (Å²) in [5, 5.41) is 9.50. The van der Waals surface area contributed by atoms with E-state index in [0.717, 1.165) is 19.5 Å². The molecule has 0 bridgehead atoms. The maximum Gasteiger partial charge on any atom is 0.242 e. The molecule has 0 aromatic rings. The Morgan fingerprint density at radius 1 is 1.47 bits per heavy atom. The molecule has 0 spiro atoms. The highest BCUT2D eigenvalue weighted by atomic mass is 16.3. The van der Waals surface area contributed by atoms with Crippen LogP contribution in [0, 0.1) is 5.41 Å². The Kier molecular flexibility index (Phi) is 4.55. The molecule has 0 saturated carbocycles. The molecule has 0 aliphatic carbocycles. The minimum absolute atomic E-state index is 0.0402. The summed E-state index contributed by atoms with van der Waals surface area (Å²) in [4.78, 5) is 16.1. The van der Waals surface area contributed by atoms with E-state index in [9.17, 15) is 9.90 Å². The number of likely N-dealkylation sites (N-methyl/N-ethyl adjacent to an activating group) is 1.